The third kappa shape index (κ3) is 2.80. The zero-order valence-electron chi connectivity index (χ0n) is 16.6. The highest BCUT2D eigenvalue weighted by Crippen LogP contribution is 2.32. The molecule has 3 aromatic heterocycles. The lowest BCUT2D eigenvalue weighted by Crippen LogP contribution is -2.34. The number of hydrogen-bond acceptors (Lipinski definition) is 5. The fourth-order valence-electron chi connectivity index (χ4n) is 4.03. The SMILES string of the molecule is Cc1cc(C)n2nc3nc(N4CCC(C)CC4)nc(-c4ccccc4)c3c2n1. The average molecular weight is 372 g/mol. The Kier molecular flexibility index (Phi) is 4.00. The molecule has 28 heavy (non-hydrogen) atoms. The smallest absolute Gasteiger partial charge is 0.228 e. The highest BCUT2D eigenvalue weighted by Gasteiger charge is 2.23. The topological polar surface area (TPSA) is 59.2 Å². The summed E-state index contributed by atoms with van der Waals surface area (Å²) in [6.45, 7) is 8.36. The van der Waals surface area contributed by atoms with Crippen molar-refractivity contribution in [3.8, 4) is 11.3 Å². The Hall–Kier alpha value is -3.02. The Labute approximate surface area is 164 Å². The molecule has 0 amide bonds. The predicted molar refractivity (Wildman–Crippen MR) is 112 cm³/mol. The number of rotatable bonds is 2. The van der Waals surface area contributed by atoms with E-state index in [0.29, 0.717) is 5.65 Å². The molecule has 0 N–H and O–H groups in total. The average Bonchev–Trinajstić information content (AvgIpc) is 3.07. The number of benzene rings is 1. The molecule has 142 valence electrons. The van der Waals surface area contributed by atoms with E-state index in [1.54, 1.807) is 0 Å². The van der Waals surface area contributed by atoms with Crippen LogP contribution in [0.1, 0.15) is 31.2 Å². The van der Waals surface area contributed by atoms with Crippen molar-refractivity contribution >= 4 is 22.6 Å². The number of fused-ring (bicyclic) bond motifs is 3. The third-order valence-corrected chi connectivity index (χ3v) is 5.64. The first-order chi connectivity index (χ1) is 13.6. The fourth-order valence-corrected chi connectivity index (χ4v) is 4.03. The monoisotopic (exact) mass is 372 g/mol. The second kappa shape index (κ2) is 6.55. The molecule has 0 aliphatic carbocycles. The molecule has 1 fully saturated rings. The quantitative estimate of drug-likeness (QED) is 0.528. The van der Waals surface area contributed by atoms with Gasteiger partial charge in [-0.25, -0.2) is 14.5 Å². The summed E-state index contributed by atoms with van der Waals surface area (Å²) in [5.41, 5.74) is 5.53. The minimum Gasteiger partial charge on any atom is -0.341 e. The van der Waals surface area contributed by atoms with Gasteiger partial charge in [0.15, 0.2) is 11.3 Å². The number of piperidine rings is 1. The fraction of sp³-hybridized carbons (Fsp3) is 0.364. The van der Waals surface area contributed by atoms with Gasteiger partial charge in [-0.2, -0.15) is 4.98 Å². The third-order valence-electron chi connectivity index (χ3n) is 5.64. The number of anilines is 1. The van der Waals surface area contributed by atoms with Crippen molar-refractivity contribution in [1.82, 2.24) is 24.6 Å². The summed E-state index contributed by atoms with van der Waals surface area (Å²) in [4.78, 5) is 16.9. The molecule has 0 bridgehead atoms. The summed E-state index contributed by atoms with van der Waals surface area (Å²) in [6.07, 6.45) is 2.35. The molecule has 0 spiro atoms. The van der Waals surface area contributed by atoms with Gasteiger partial charge in [-0.05, 0) is 38.7 Å². The van der Waals surface area contributed by atoms with Crippen molar-refractivity contribution < 1.29 is 0 Å². The van der Waals surface area contributed by atoms with E-state index < -0.39 is 0 Å². The maximum absolute atomic E-state index is 5.02. The summed E-state index contributed by atoms with van der Waals surface area (Å²) < 4.78 is 1.89. The van der Waals surface area contributed by atoms with E-state index in [1.807, 2.05) is 35.7 Å². The van der Waals surface area contributed by atoms with Crippen LogP contribution < -0.4 is 4.90 Å². The van der Waals surface area contributed by atoms with E-state index in [2.05, 4.69) is 30.9 Å². The molecule has 1 aliphatic heterocycles. The molecule has 1 aliphatic rings. The summed E-state index contributed by atoms with van der Waals surface area (Å²) in [7, 11) is 0. The molecule has 0 atom stereocenters. The summed E-state index contributed by atoms with van der Waals surface area (Å²) in [6, 6.07) is 12.3. The van der Waals surface area contributed by atoms with Crippen molar-refractivity contribution in [1.29, 1.82) is 0 Å². The predicted octanol–water partition coefficient (Wildman–Crippen LogP) is 4.19. The van der Waals surface area contributed by atoms with E-state index in [4.69, 9.17) is 20.1 Å². The van der Waals surface area contributed by atoms with Gasteiger partial charge in [-0.1, -0.05) is 37.3 Å². The van der Waals surface area contributed by atoms with E-state index in [0.717, 1.165) is 58.6 Å². The highest BCUT2D eigenvalue weighted by atomic mass is 15.3. The molecule has 1 saturated heterocycles. The first kappa shape index (κ1) is 17.1. The summed E-state index contributed by atoms with van der Waals surface area (Å²) >= 11 is 0. The molecule has 5 rings (SSSR count). The molecule has 0 radical (unpaired) electrons. The molecular weight excluding hydrogens is 348 g/mol. The number of aromatic nitrogens is 5. The molecule has 0 saturated carbocycles. The molecule has 4 aromatic rings. The Morgan fingerprint density at radius 1 is 0.964 bits per heavy atom. The van der Waals surface area contributed by atoms with E-state index >= 15 is 0 Å². The Balaban J connectivity index is 1.79. The maximum Gasteiger partial charge on any atom is 0.228 e. The van der Waals surface area contributed by atoms with Crippen LogP contribution in [0.5, 0.6) is 0 Å². The lowest BCUT2D eigenvalue weighted by atomic mass is 9.99. The van der Waals surface area contributed by atoms with Crippen molar-refractivity contribution in [3.63, 3.8) is 0 Å². The van der Waals surface area contributed by atoms with Crippen molar-refractivity contribution in [2.75, 3.05) is 18.0 Å². The number of hydrogen-bond donors (Lipinski definition) is 0. The molecule has 6 heteroatoms. The largest absolute Gasteiger partial charge is 0.341 e. The maximum atomic E-state index is 5.02. The van der Waals surface area contributed by atoms with Crippen LogP contribution in [0.4, 0.5) is 5.95 Å². The first-order valence-electron chi connectivity index (χ1n) is 9.95. The molecule has 6 nitrogen and oxygen atoms in total. The Morgan fingerprint density at radius 3 is 2.46 bits per heavy atom. The Bertz CT molecular complexity index is 1160. The summed E-state index contributed by atoms with van der Waals surface area (Å²) in [5, 5.41) is 5.71. The van der Waals surface area contributed by atoms with Gasteiger partial charge >= 0.3 is 0 Å². The van der Waals surface area contributed by atoms with Crippen LogP contribution in [0, 0.1) is 19.8 Å². The van der Waals surface area contributed by atoms with E-state index in [1.165, 1.54) is 12.8 Å². The lowest BCUT2D eigenvalue weighted by Gasteiger charge is -2.30. The first-order valence-corrected chi connectivity index (χ1v) is 9.95. The van der Waals surface area contributed by atoms with Gasteiger partial charge in [0.2, 0.25) is 5.95 Å². The van der Waals surface area contributed by atoms with Gasteiger partial charge in [0.1, 0.15) is 0 Å². The normalized spacial score (nSPS) is 15.6. The van der Waals surface area contributed by atoms with Gasteiger partial charge in [-0.3, -0.25) is 0 Å². The Morgan fingerprint density at radius 2 is 1.71 bits per heavy atom. The van der Waals surface area contributed by atoms with Gasteiger partial charge in [-0.15, -0.1) is 5.10 Å². The van der Waals surface area contributed by atoms with Crippen LogP contribution >= 0.6 is 0 Å². The van der Waals surface area contributed by atoms with Crippen LogP contribution in [0.2, 0.25) is 0 Å². The summed E-state index contributed by atoms with van der Waals surface area (Å²) in [5.74, 6) is 1.54. The molecule has 0 unspecified atom stereocenters. The van der Waals surface area contributed by atoms with Crippen LogP contribution in [0.3, 0.4) is 0 Å². The highest BCUT2D eigenvalue weighted by molar-refractivity contribution is 6.01. The molecular formula is C22H24N6. The van der Waals surface area contributed by atoms with Crippen molar-refractivity contribution in [2.45, 2.75) is 33.6 Å². The van der Waals surface area contributed by atoms with Crippen LogP contribution in [0.15, 0.2) is 36.4 Å². The standard InChI is InChI=1S/C22H24N6/c1-14-9-11-27(12-10-14)22-24-19(17-7-5-4-6-8-17)18-20(25-22)26-28-16(3)13-15(2)23-21(18)28/h4-8,13-14H,9-12H2,1-3H3. The van der Waals surface area contributed by atoms with Gasteiger partial charge in [0.25, 0.3) is 0 Å². The molecule has 1 aromatic carbocycles. The van der Waals surface area contributed by atoms with Crippen LogP contribution in [-0.4, -0.2) is 37.7 Å². The number of aryl methyl sites for hydroxylation is 2. The second-order valence-electron chi connectivity index (χ2n) is 7.88. The minimum absolute atomic E-state index is 0.712. The van der Waals surface area contributed by atoms with Gasteiger partial charge < -0.3 is 4.90 Å². The van der Waals surface area contributed by atoms with Crippen LogP contribution in [-0.2, 0) is 0 Å². The lowest BCUT2D eigenvalue weighted by molar-refractivity contribution is 0.435. The van der Waals surface area contributed by atoms with E-state index in [9.17, 15) is 0 Å². The zero-order valence-corrected chi connectivity index (χ0v) is 16.6. The van der Waals surface area contributed by atoms with Crippen LogP contribution in [0.25, 0.3) is 27.9 Å². The van der Waals surface area contributed by atoms with Crippen molar-refractivity contribution in [2.24, 2.45) is 5.92 Å². The minimum atomic E-state index is 0.712. The zero-order chi connectivity index (χ0) is 19.3. The molecule has 4 heterocycles. The van der Waals surface area contributed by atoms with E-state index in [-0.39, 0.29) is 0 Å². The number of nitrogens with zero attached hydrogens (tertiary/aromatic N) is 6. The van der Waals surface area contributed by atoms with Gasteiger partial charge in [0.05, 0.1) is 11.1 Å². The second-order valence-corrected chi connectivity index (χ2v) is 7.88. The van der Waals surface area contributed by atoms with Gasteiger partial charge in [0, 0.05) is 30.0 Å². The van der Waals surface area contributed by atoms with Crippen molar-refractivity contribution in [3.05, 3.63) is 47.8 Å².